The van der Waals surface area contributed by atoms with E-state index in [1.165, 1.54) is 10.5 Å². The van der Waals surface area contributed by atoms with Crippen LogP contribution in [0.25, 0.3) is 0 Å². The van der Waals surface area contributed by atoms with E-state index in [1.807, 2.05) is 36.4 Å². The quantitative estimate of drug-likeness (QED) is 0.753. The van der Waals surface area contributed by atoms with Crippen LogP contribution < -0.4 is 10.1 Å². The Bertz CT molecular complexity index is 760. The number of carbonyl (C=O) groups excluding carboxylic acids is 2. The molecule has 0 aliphatic carbocycles. The molecular formula is C21H25ClN2O3. The van der Waals surface area contributed by atoms with Gasteiger partial charge in [-0.1, -0.05) is 42.8 Å². The lowest BCUT2D eigenvalue weighted by molar-refractivity contribution is -0.142. The maximum atomic E-state index is 12.8. The summed E-state index contributed by atoms with van der Waals surface area (Å²) in [5, 5.41) is 3.21. The second-order valence-electron chi connectivity index (χ2n) is 6.22. The highest BCUT2D eigenvalue weighted by Gasteiger charge is 2.25. The van der Waals surface area contributed by atoms with Gasteiger partial charge in [0, 0.05) is 18.6 Å². The van der Waals surface area contributed by atoms with Crippen LogP contribution in [-0.4, -0.2) is 36.4 Å². The van der Waals surface area contributed by atoms with Gasteiger partial charge in [-0.05, 0) is 48.7 Å². The van der Waals surface area contributed by atoms with Gasteiger partial charge >= 0.3 is 0 Å². The number of amides is 2. The first-order chi connectivity index (χ1) is 12.9. The van der Waals surface area contributed by atoms with Crippen molar-refractivity contribution in [1.29, 1.82) is 0 Å². The molecule has 0 saturated carbocycles. The molecule has 1 N–H and O–H groups in total. The summed E-state index contributed by atoms with van der Waals surface area (Å²) >= 11 is 5.92. The largest absolute Gasteiger partial charge is 0.484 e. The number of nitrogens with one attached hydrogen (secondary N) is 1. The maximum absolute atomic E-state index is 12.8. The van der Waals surface area contributed by atoms with Crippen LogP contribution in [0.3, 0.4) is 0 Å². The van der Waals surface area contributed by atoms with E-state index in [1.54, 1.807) is 26.1 Å². The molecule has 0 fully saturated rings. The molecule has 0 radical (unpaired) electrons. The van der Waals surface area contributed by atoms with Crippen molar-refractivity contribution in [2.75, 3.05) is 13.7 Å². The molecule has 0 heterocycles. The van der Waals surface area contributed by atoms with E-state index in [9.17, 15) is 9.59 Å². The van der Waals surface area contributed by atoms with E-state index in [0.29, 0.717) is 17.3 Å². The zero-order valence-corrected chi connectivity index (χ0v) is 16.6. The Morgan fingerprint density at radius 1 is 1.07 bits per heavy atom. The average molecular weight is 389 g/mol. The molecule has 144 valence electrons. The number of likely N-dealkylation sites (N-methyl/N-ethyl adjacent to an activating group) is 1. The molecule has 6 heteroatoms. The van der Waals surface area contributed by atoms with Crippen molar-refractivity contribution in [2.24, 2.45) is 0 Å². The third-order valence-electron chi connectivity index (χ3n) is 4.37. The summed E-state index contributed by atoms with van der Waals surface area (Å²) in [6.07, 6.45) is 0.942. The van der Waals surface area contributed by atoms with Crippen molar-refractivity contribution < 1.29 is 14.3 Å². The van der Waals surface area contributed by atoms with E-state index < -0.39 is 6.04 Å². The highest BCUT2D eigenvalue weighted by atomic mass is 35.5. The monoisotopic (exact) mass is 388 g/mol. The second-order valence-corrected chi connectivity index (χ2v) is 6.66. The van der Waals surface area contributed by atoms with Gasteiger partial charge in [0.1, 0.15) is 11.8 Å². The van der Waals surface area contributed by atoms with Gasteiger partial charge in [-0.15, -0.1) is 0 Å². The maximum Gasteiger partial charge on any atom is 0.261 e. The molecular weight excluding hydrogens is 364 g/mol. The van der Waals surface area contributed by atoms with Gasteiger partial charge in [0.2, 0.25) is 5.91 Å². The molecule has 5 nitrogen and oxygen atoms in total. The van der Waals surface area contributed by atoms with Gasteiger partial charge in [-0.3, -0.25) is 9.59 Å². The Morgan fingerprint density at radius 2 is 1.67 bits per heavy atom. The van der Waals surface area contributed by atoms with E-state index in [4.69, 9.17) is 16.3 Å². The van der Waals surface area contributed by atoms with Gasteiger partial charge in [-0.25, -0.2) is 0 Å². The standard InChI is InChI=1S/C21H25ClN2O3/c1-4-16-7-11-19(12-8-16)27-14-20(25)24(15(2)21(26)23-3)13-17-5-9-18(22)10-6-17/h5-12,15H,4,13-14H2,1-3H3,(H,23,26)/t15-/m1/s1. The molecule has 0 saturated heterocycles. The van der Waals surface area contributed by atoms with E-state index >= 15 is 0 Å². The molecule has 0 unspecified atom stereocenters. The summed E-state index contributed by atoms with van der Waals surface area (Å²) in [5.41, 5.74) is 2.09. The van der Waals surface area contributed by atoms with Gasteiger partial charge in [0.05, 0.1) is 0 Å². The van der Waals surface area contributed by atoms with Crippen LogP contribution in [0.2, 0.25) is 5.02 Å². The number of aryl methyl sites for hydroxylation is 1. The highest BCUT2D eigenvalue weighted by molar-refractivity contribution is 6.30. The third-order valence-corrected chi connectivity index (χ3v) is 4.63. The molecule has 2 aromatic rings. The molecule has 0 aliphatic rings. The summed E-state index contributed by atoms with van der Waals surface area (Å²) in [5.74, 6) is 0.129. The Hall–Kier alpha value is -2.53. The minimum absolute atomic E-state index is 0.138. The molecule has 0 aliphatic heterocycles. The van der Waals surface area contributed by atoms with Crippen molar-refractivity contribution >= 4 is 23.4 Å². The van der Waals surface area contributed by atoms with Crippen molar-refractivity contribution in [3.8, 4) is 5.75 Å². The molecule has 0 aromatic heterocycles. The Kier molecular flexibility index (Phi) is 7.67. The van der Waals surface area contributed by atoms with Gasteiger partial charge in [0.25, 0.3) is 5.91 Å². The van der Waals surface area contributed by atoms with Crippen molar-refractivity contribution in [3.63, 3.8) is 0 Å². The molecule has 0 bridgehead atoms. The zero-order valence-electron chi connectivity index (χ0n) is 15.9. The summed E-state index contributed by atoms with van der Waals surface area (Å²) < 4.78 is 5.62. The van der Waals surface area contributed by atoms with Crippen LogP contribution in [0.4, 0.5) is 0 Å². The Balaban J connectivity index is 2.09. The van der Waals surface area contributed by atoms with Crippen LogP contribution in [-0.2, 0) is 22.6 Å². The smallest absolute Gasteiger partial charge is 0.261 e. The van der Waals surface area contributed by atoms with E-state index in [-0.39, 0.29) is 18.4 Å². The topological polar surface area (TPSA) is 58.6 Å². The SMILES string of the molecule is CCc1ccc(OCC(=O)N(Cc2ccc(Cl)cc2)[C@H](C)C(=O)NC)cc1. The van der Waals surface area contributed by atoms with Crippen LogP contribution in [0.1, 0.15) is 25.0 Å². The van der Waals surface area contributed by atoms with Crippen LogP contribution in [0, 0.1) is 0 Å². The lowest BCUT2D eigenvalue weighted by Crippen LogP contribution is -2.48. The van der Waals surface area contributed by atoms with E-state index in [2.05, 4.69) is 12.2 Å². The minimum atomic E-state index is -0.621. The van der Waals surface area contributed by atoms with Crippen molar-refractivity contribution in [1.82, 2.24) is 10.2 Å². The molecule has 2 aromatic carbocycles. The van der Waals surface area contributed by atoms with Crippen molar-refractivity contribution in [2.45, 2.75) is 32.9 Å². The first-order valence-corrected chi connectivity index (χ1v) is 9.29. The third kappa shape index (κ3) is 6.00. The van der Waals surface area contributed by atoms with Crippen LogP contribution in [0.15, 0.2) is 48.5 Å². The van der Waals surface area contributed by atoms with Crippen LogP contribution >= 0.6 is 11.6 Å². The number of ether oxygens (including phenoxy) is 1. The van der Waals surface area contributed by atoms with Gasteiger partial charge in [0.15, 0.2) is 6.61 Å². The number of carbonyl (C=O) groups is 2. The summed E-state index contributed by atoms with van der Waals surface area (Å²) in [4.78, 5) is 26.3. The molecule has 0 spiro atoms. The second kappa shape index (κ2) is 9.97. The lowest BCUT2D eigenvalue weighted by Gasteiger charge is -2.28. The predicted molar refractivity (Wildman–Crippen MR) is 107 cm³/mol. The first kappa shape index (κ1) is 20.8. The van der Waals surface area contributed by atoms with Gasteiger partial charge < -0.3 is 15.0 Å². The van der Waals surface area contributed by atoms with Crippen LogP contribution in [0.5, 0.6) is 5.75 Å². The number of benzene rings is 2. The summed E-state index contributed by atoms with van der Waals surface area (Å²) in [6, 6.07) is 14.2. The predicted octanol–water partition coefficient (Wildman–Crippen LogP) is 3.44. The fourth-order valence-electron chi connectivity index (χ4n) is 2.63. The Labute approximate surface area is 165 Å². The number of rotatable bonds is 8. The zero-order chi connectivity index (χ0) is 19.8. The number of hydrogen-bond donors (Lipinski definition) is 1. The first-order valence-electron chi connectivity index (χ1n) is 8.91. The molecule has 2 rings (SSSR count). The Morgan fingerprint density at radius 3 is 2.22 bits per heavy atom. The van der Waals surface area contributed by atoms with Crippen molar-refractivity contribution in [3.05, 3.63) is 64.7 Å². The summed E-state index contributed by atoms with van der Waals surface area (Å²) in [7, 11) is 1.55. The average Bonchev–Trinajstić information content (AvgIpc) is 2.70. The molecule has 27 heavy (non-hydrogen) atoms. The summed E-state index contributed by atoms with van der Waals surface area (Å²) in [6.45, 7) is 3.93. The van der Waals surface area contributed by atoms with E-state index in [0.717, 1.165) is 12.0 Å². The molecule has 2 amide bonds. The number of hydrogen-bond acceptors (Lipinski definition) is 3. The highest BCUT2D eigenvalue weighted by Crippen LogP contribution is 2.16. The normalized spacial score (nSPS) is 11.6. The molecule has 1 atom stereocenters. The number of nitrogens with zero attached hydrogens (tertiary/aromatic N) is 1. The van der Waals surface area contributed by atoms with Gasteiger partial charge in [-0.2, -0.15) is 0 Å². The fraction of sp³-hybridized carbons (Fsp3) is 0.333. The lowest BCUT2D eigenvalue weighted by atomic mass is 10.1. The number of halogens is 1. The minimum Gasteiger partial charge on any atom is -0.484 e. The fourth-order valence-corrected chi connectivity index (χ4v) is 2.75.